The van der Waals surface area contributed by atoms with E-state index in [1.807, 2.05) is 25.7 Å². The molecule has 0 saturated carbocycles. The molecule has 0 bridgehead atoms. The van der Waals surface area contributed by atoms with Crippen LogP contribution in [0.5, 0.6) is 0 Å². The maximum atomic E-state index is 12.3. The van der Waals surface area contributed by atoms with Crippen molar-refractivity contribution in [2.75, 3.05) is 19.6 Å². The molecule has 1 fully saturated rings. The van der Waals surface area contributed by atoms with Crippen molar-refractivity contribution in [3.63, 3.8) is 0 Å². The number of benzene rings is 1. The van der Waals surface area contributed by atoms with Gasteiger partial charge in [0, 0.05) is 25.6 Å². The summed E-state index contributed by atoms with van der Waals surface area (Å²) in [4.78, 5) is 14.2. The van der Waals surface area contributed by atoms with Crippen LogP contribution in [0.2, 0.25) is 0 Å². The van der Waals surface area contributed by atoms with Gasteiger partial charge in [-0.25, -0.2) is 13.1 Å². The number of likely N-dealkylation sites (tertiary alicyclic amines) is 1. The number of carbonyl (C=O) groups is 1. The maximum absolute atomic E-state index is 12.3. The lowest BCUT2D eigenvalue weighted by Crippen LogP contribution is -2.45. The molecule has 1 aromatic rings. The van der Waals surface area contributed by atoms with Gasteiger partial charge in [-0.05, 0) is 37.8 Å². The molecule has 1 aliphatic rings. The van der Waals surface area contributed by atoms with Gasteiger partial charge in [-0.1, -0.05) is 31.5 Å². The number of amides is 1. The Kier molecular flexibility index (Phi) is 5.81. The van der Waals surface area contributed by atoms with Crippen molar-refractivity contribution in [2.24, 2.45) is 11.8 Å². The first kappa shape index (κ1) is 17.9. The second kappa shape index (κ2) is 7.45. The minimum atomic E-state index is -3.48. The van der Waals surface area contributed by atoms with E-state index in [1.54, 1.807) is 24.3 Å². The zero-order valence-corrected chi connectivity index (χ0v) is 14.9. The Balaban J connectivity index is 1.94. The molecule has 1 amide bonds. The quantitative estimate of drug-likeness (QED) is 0.895. The Morgan fingerprint density at radius 3 is 2.57 bits per heavy atom. The molecule has 1 aliphatic heterocycles. The molecule has 6 heteroatoms. The van der Waals surface area contributed by atoms with Crippen molar-refractivity contribution in [2.45, 2.75) is 38.5 Å². The highest BCUT2D eigenvalue weighted by molar-refractivity contribution is 7.89. The van der Waals surface area contributed by atoms with E-state index in [2.05, 4.69) is 4.72 Å². The summed E-state index contributed by atoms with van der Waals surface area (Å²) in [6.07, 6.45) is 1.87. The number of carbonyl (C=O) groups excluding carboxylic acids is 1. The molecular formula is C17H26N2O3S. The van der Waals surface area contributed by atoms with E-state index in [4.69, 9.17) is 0 Å². The van der Waals surface area contributed by atoms with Gasteiger partial charge in [0.2, 0.25) is 15.9 Å². The van der Waals surface area contributed by atoms with E-state index in [0.717, 1.165) is 24.9 Å². The van der Waals surface area contributed by atoms with Gasteiger partial charge in [0.25, 0.3) is 0 Å². The average Bonchev–Trinajstić information content (AvgIpc) is 2.53. The Bertz CT molecular complexity index is 638. The number of sulfonamides is 1. The molecule has 0 radical (unpaired) electrons. The number of hydrogen-bond donors (Lipinski definition) is 1. The molecule has 0 spiro atoms. The zero-order chi connectivity index (χ0) is 17.0. The van der Waals surface area contributed by atoms with E-state index in [1.165, 1.54) is 0 Å². The highest BCUT2D eigenvalue weighted by Crippen LogP contribution is 2.19. The van der Waals surface area contributed by atoms with Crippen LogP contribution in [0, 0.1) is 18.8 Å². The van der Waals surface area contributed by atoms with Crippen LogP contribution in [0.1, 0.15) is 32.3 Å². The van der Waals surface area contributed by atoms with Crippen molar-refractivity contribution in [3.8, 4) is 0 Å². The number of aryl methyl sites for hydroxylation is 1. The fourth-order valence-corrected chi connectivity index (χ4v) is 3.94. The molecule has 1 unspecified atom stereocenters. The first-order valence-electron chi connectivity index (χ1n) is 8.14. The van der Waals surface area contributed by atoms with Crippen LogP contribution < -0.4 is 4.72 Å². The number of piperidine rings is 1. The first-order chi connectivity index (χ1) is 10.8. The molecule has 1 saturated heterocycles. The van der Waals surface area contributed by atoms with E-state index in [-0.39, 0.29) is 22.6 Å². The van der Waals surface area contributed by atoms with Gasteiger partial charge in [0.15, 0.2) is 0 Å². The molecular weight excluding hydrogens is 312 g/mol. The van der Waals surface area contributed by atoms with Crippen molar-refractivity contribution in [1.29, 1.82) is 0 Å². The van der Waals surface area contributed by atoms with Gasteiger partial charge in [-0.15, -0.1) is 0 Å². The van der Waals surface area contributed by atoms with Crippen molar-refractivity contribution >= 4 is 15.9 Å². The molecule has 128 valence electrons. The molecule has 1 atom stereocenters. The van der Waals surface area contributed by atoms with Gasteiger partial charge in [0.1, 0.15) is 0 Å². The Hall–Kier alpha value is -1.40. The van der Waals surface area contributed by atoms with Crippen LogP contribution in [-0.4, -0.2) is 38.9 Å². The summed E-state index contributed by atoms with van der Waals surface area (Å²) >= 11 is 0. The summed E-state index contributed by atoms with van der Waals surface area (Å²) in [5.74, 6) is 0.306. The summed E-state index contributed by atoms with van der Waals surface area (Å²) in [7, 11) is -3.48. The molecule has 2 rings (SSSR count). The maximum Gasteiger partial charge on any atom is 0.240 e. The van der Waals surface area contributed by atoms with Gasteiger partial charge in [0.05, 0.1) is 4.90 Å². The van der Waals surface area contributed by atoms with Crippen LogP contribution in [0.15, 0.2) is 29.2 Å². The van der Waals surface area contributed by atoms with Crippen molar-refractivity contribution in [1.82, 2.24) is 9.62 Å². The van der Waals surface area contributed by atoms with E-state index in [9.17, 15) is 13.2 Å². The standard InChI is InChI=1S/C17H26N2O3S/c1-13(2)17(20)19-10-4-5-15(12-19)11-18-23(21,22)16-8-6-14(3)7-9-16/h6-9,13,15,18H,4-5,10-12H2,1-3H3. The van der Waals surface area contributed by atoms with E-state index >= 15 is 0 Å². The molecule has 0 aliphatic carbocycles. The Morgan fingerprint density at radius 1 is 1.30 bits per heavy atom. The predicted octanol–water partition coefficient (Wildman–Crippen LogP) is 2.17. The van der Waals surface area contributed by atoms with E-state index in [0.29, 0.717) is 13.1 Å². The second-order valence-electron chi connectivity index (χ2n) is 6.61. The zero-order valence-electron chi connectivity index (χ0n) is 14.1. The number of hydrogen-bond acceptors (Lipinski definition) is 3. The van der Waals surface area contributed by atoms with Gasteiger partial charge in [-0.3, -0.25) is 4.79 Å². The van der Waals surface area contributed by atoms with Crippen LogP contribution in [0.4, 0.5) is 0 Å². The SMILES string of the molecule is Cc1ccc(S(=O)(=O)NCC2CCCN(C(=O)C(C)C)C2)cc1. The third-order valence-corrected chi connectivity index (χ3v) is 5.66. The lowest BCUT2D eigenvalue weighted by atomic mass is 9.97. The van der Waals surface area contributed by atoms with Gasteiger partial charge in [-0.2, -0.15) is 0 Å². The normalized spacial score (nSPS) is 19.1. The fourth-order valence-electron chi connectivity index (χ4n) is 2.83. The Morgan fingerprint density at radius 2 is 1.96 bits per heavy atom. The van der Waals surface area contributed by atoms with Gasteiger partial charge < -0.3 is 4.90 Å². The average molecular weight is 338 g/mol. The monoisotopic (exact) mass is 338 g/mol. The number of nitrogens with one attached hydrogen (secondary N) is 1. The number of nitrogens with zero attached hydrogens (tertiary/aromatic N) is 1. The Labute approximate surface area is 139 Å². The molecule has 0 aromatic heterocycles. The third kappa shape index (κ3) is 4.78. The highest BCUT2D eigenvalue weighted by atomic mass is 32.2. The highest BCUT2D eigenvalue weighted by Gasteiger charge is 2.26. The molecule has 5 nitrogen and oxygen atoms in total. The minimum Gasteiger partial charge on any atom is -0.342 e. The van der Waals surface area contributed by atoms with E-state index < -0.39 is 10.0 Å². The number of rotatable bonds is 5. The van der Waals surface area contributed by atoms with Crippen LogP contribution in [0.3, 0.4) is 0 Å². The van der Waals surface area contributed by atoms with Crippen molar-refractivity contribution in [3.05, 3.63) is 29.8 Å². The van der Waals surface area contributed by atoms with Crippen LogP contribution in [0.25, 0.3) is 0 Å². The predicted molar refractivity (Wildman–Crippen MR) is 90.5 cm³/mol. The summed E-state index contributed by atoms with van der Waals surface area (Å²) in [5.41, 5.74) is 1.03. The topological polar surface area (TPSA) is 66.5 Å². The second-order valence-corrected chi connectivity index (χ2v) is 8.38. The largest absolute Gasteiger partial charge is 0.342 e. The summed E-state index contributed by atoms with van der Waals surface area (Å²) < 4.78 is 27.3. The molecule has 1 aromatic carbocycles. The summed E-state index contributed by atoms with van der Waals surface area (Å²) in [6.45, 7) is 7.49. The minimum absolute atomic E-state index is 0.0157. The van der Waals surface area contributed by atoms with Crippen LogP contribution in [-0.2, 0) is 14.8 Å². The smallest absolute Gasteiger partial charge is 0.240 e. The first-order valence-corrected chi connectivity index (χ1v) is 9.63. The lowest BCUT2D eigenvalue weighted by Gasteiger charge is -2.34. The van der Waals surface area contributed by atoms with Gasteiger partial charge >= 0.3 is 0 Å². The summed E-state index contributed by atoms with van der Waals surface area (Å²) in [5, 5.41) is 0. The molecule has 1 heterocycles. The summed E-state index contributed by atoms with van der Waals surface area (Å²) in [6, 6.07) is 6.82. The molecule has 23 heavy (non-hydrogen) atoms. The fraction of sp³-hybridized carbons (Fsp3) is 0.588. The lowest BCUT2D eigenvalue weighted by molar-refractivity contribution is -0.136. The van der Waals surface area contributed by atoms with Crippen LogP contribution >= 0.6 is 0 Å². The molecule has 1 N–H and O–H groups in total. The third-order valence-electron chi connectivity index (χ3n) is 4.22. The van der Waals surface area contributed by atoms with Crippen molar-refractivity contribution < 1.29 is 13.2 Å².